The lowest BCUT2D eigenvalue weighted by atomic mass is 10.5. The summed E-state index contributed by atoms with van der Waals surface area (Å²) in [4.78, 5) is 10.7. The van der Waals surface area contributed by atoms with Crippen LogP contribution in [0.5, 0.6) is 5.88 Å². The minimum atomic E-state index is 0.0680. The van der Waals surface area contributed by atoms with Gasteiger partial charge in [0.15, 0.2) is 0 Å². The van der Waals surface area contributed by atoms with Gasteiger partial charge >= 0.3 is 0 Å². The molecule has 0 fully saturated rings. The molecule has 1 aromatic heterocycles. The van der Waals surface area contributed by atoms with Crippen molar-refractivity contribution < 1.29 is 4.74 Å². The lowest BCUT2D eigenvalue weighted by Crippen LogP contribution is -2.06. The van der Waals surface area contributed by atoms with Gasteiger partial charge in [-0.05, 0) is 13.8 Å². The molecule has 0 unspecified atom stereocenters. The first-order valence-electron chi connectivity index (χ1n) is 3.58. The van der Waals surface area contributed by atoms with E-state index in [1.165, 1.54) is 12.4 Å². The summed E-state index contributed by atoms with van der Waals surface area (Å²) in [6.07, 6.45) is 1.39. The summed E-state index contributed by atoms with van der Waals surface area (Å²) in [5.74, 6) is 0.756. The van der Waals surface area contributed by atoms with Crippen LogP contribution in [0.15, 0.2) is 12.4 Å². The van der Waals surface area contributed by atoms with Crippen LogP contribution in [-0.4, -0.2) is 16.1 Å². The summed E-state index contributed by atoms with van der Waals surface area (Å²) in [6, 6.07) is 1.52. The highest BCUT2D eigenvalue weighted by molar-refractivity contribution is 5.37. The topological polar surface area (TPSA) is 39.4 Å². The van der Waals surface area contributed by atoms with Crippen molar-refractivity contribution in [3.8, 4) is 5.88 Å². The van der Waals surface area contributed by atoms with Crippen molar-refractivity contribution >= 4 is 5.82 Å². The number of aromatic nitrogens is 2. The van der Waals surface area contributed by atoms with Crippen molar-refractivity contribution in [1.29, 1.82) is 0 Å². The van der Waals surface area contributed by atoms with E-state index >= 15 is 0 Å². The maximum absolute atomic E-state index is 6.70. The van der Waals surface area contributed by atoms with Gasteiger partial charge in [0.2, 0.25) is 12.2 Å². The van der Waals surface area contributed by atoms with Crippen molar-refractivity contribution in [2.24, 2.45) is 0 Å². The number of nitrogens with zero attached hydrogens (tertiary/aromatic N) is 3. The molecule has 0 amide bonds. The maximum Gasteiger partial charge on any atom is 0.276 e. The van der Waals surface area contributed by atoms with Crippen LogP contribution in [0.25, 0.3) is 4.85 Å². The van der Waals surface area contributed by atoms with E-state index in [1.807, 2.05) is 13.8 Å². The van der Waals surface area contributed by atoms with E-state index in [9.17, 15) is 0 Å². The van der Waals surface area contributed by atoms with E-state index in [-0.39, 0.29) is 6.10 Å². The van der Waals surface area contributed by atoms with Gasteiger partial charge in [0.25, 0.3) is 5.82 Å². The first-order chi connectivity index (χ1) is 5.72. The van der Waals surface area contributed by atoms with Crippen molar-refractivity contribution in [1.82, 2.24) is 9.97 Å². The highest BCUT2D eigenvalue weighted by Gasteiger charge is 2.00. The third-order valence-corrected chi connectivity index (χ3v) is 1.10. The molecule has 0 atom stereocenters. The van der Waals surface area contributed by atoms with Gasteiger partial charge < -0.3 is 9.58 Å². The molecule has 0 saturated carbocycles. The average Bonchev–Trinajstić information content (AvgIpc) is 2.03. The standard InChI is InChI=1S/C8H9N3O/c1-6(2)12-8-4-7(9-3)10-5-11-8/h4-6H,1-2H3. The maximum atomic E-state index is 6.70. The molecular formula is C8H9N3O. The van der Waals surface area contributed by atoms with Gasteiger partial charge in [-0.3, -0.25) is 0 Å². The van der Waals surface area contributed by atoms with E-state index in [1.54, 1.807) is 0 Å². The molecular weight excluding hydrogens is 154 g/mol. The fourth-order valence-electron chi connectivity index (χ4n) is 0.697. The largest absolute Gasteiger partial charge is 0.476 e. The lowest BCUT2D eigenvalue weighted by molar-refractivity contribution is 0.232. The number of ether oxygens (including phenoxy) is 1. The van der Waals surface area contributed by atoms with Crippen molar-refractivity contribution in [2.45, 2.75) is 20.0 Å². The number of rotatable bonds is 2. The van der Waals surface area contributed by atoms with E-state index in [0.717, 1.165) is 0 Å². The van der Waals surface area contributed by atoms with Gasteiger partial charge in [0.05, 0.1) is 6.10 Å². The van der Waals surface area contributed by atoms with Crippen LogP contribution in [0, 0.1) is 6.57 Å². The minimum Gasteiger partial charge on any atom is -0.476 e. The fraction of sp³-hybridized carbons (Fsp3) is 0.375. The van der Waals surface area contributed by atoms with Crippen LogP contribution in [-0.2, 0) is 0 Å². The zero-order valence-corrected chi connectivity index (χ0v) is 6.98. The second-order valence-corrected chi connectivity index (χ2v) is 2.49. The molecule has 0 N–H and O–H groups in total. The van der Waals surface area contributed by atoms with E-state index in [0.29, 0.717) is 11.7 Å². The summed E-state index contributed by atoms with van der Waals surface area (Å²) in [5, 5.41) is 0. The van der Waals surface area contributed by atoms with Crippen molar-refractivity contribution in [3.63, 3.8) is 0 Å². The van der Waals surface area contributed by atoms with Gasteiger partial charge in [0.1, 0.15) is 0 Å². The van der Waals surface area contributed by atoms with Crippen LogP contribution >= 0.6 is 0 Å². The minimum absolute atomic E-state index is 0.0680. The normalized spacial score (nSPS) is 9.50. The summed E-state index contributed by atoms with van der Waals surface area (Å²) >= 11 is 0. The second kappa shape index (κ2) is 3.67. The summed E-state index contributed by atoms with van der Waals surface area (Å²) in [5.41, 5.74) is 0. The Morgan fingerprint density at radius 1 is 1.50 bits per heavy atom. The average molecular weight is 163 g/mol. The molecule has 1 rings (SSSR count). The monoisotopic (exact) mass is 163 g/mol. The smallest absolute Gasteiger partial charge is 0.276 e. The van der Waals surface area contributed by atoms with E-state index in [2.05, 4.69) is 14.8 Å². The zero-order chi connectivity index (χ0) is 8.97. The van der Waals surface area contributed by atoms with Gasteiger partial charge in [-0.25, -0.2) is 0 Å². The second-order valence-electron chi connectivity index (χ2n) is 2.49. The van der Waals surface area contributed by atoms with Crippen LogP contribution in [0.3, 0.4) is 0 Å². The van der Waals surface area contributed by atoms with Crippen molar-refractivity contribution in [2.75, 3.05) is 0 Å². The third-order valence-electron chi connectivity index (χ3n) is 1.10. The Hall–Kier alpha value is -1.63. The Morgan fingerprint density at radius 2 is 2.25 bits per heavy atom. The third kappa shape index (κ3) is 2.20. The van der Waals surface area contributed by atoms with Gasteiger partial charge in [-0.1, -0.05) is 6.57 Å². The van der Waals surface area contributed by atoms with Crippen LogP contribution < -0.4 is 4.74 Å². The molecule has 0 aliphatic heterocycles. The molecule has 0 spiro atoms. The summed E-state index contributed by atoms with van der Waals surface area (Å²) < 4.78 is 5.26. The molecule has 0 saturated heterocycles. The molecule has 0 radical (unpaired) electrons. The number of hydrogen-bond donors (Lipinski definition) is 0. The van der Waals surface area contributed by atoms with Crippen LogP contribution in [0.2, 0.25) is 0 Å². The Labute approximate surface area is 71.0 Å². The fourth-order valence-corrected chi connectivity index (χ4v) is 0.697. The SMILES string of the molecule is [C-]#[N+]c1cc(OC(C)C)ncn1. The summed E-state index contributed by atoms with van der Waals surface area (Å²) in [7, 11) is 0. The molecule has 1 aromatic rings. The first-order valence-corrected chi connectivity index (χ1v) is 3.58. The quantitative estimate of drug-likeness (QED) is 0.624. The van der Waals surface area contributed by atoms with Gasteiger partial charge in [-0.2, -0.15) is 4.98 Å². The zero-order valence-electron chi connectivity index (χ0n) is 6.98. The lowest BCUT2D eigenvalue weighted by Gasteiger charge is -2.06. The molecule has 4 nitrogen and oxygen atoms in total. The molecule has 4 heteroatoms. The van der Waals surface area contributed by atoms with Crippen LogP contribution in [0.1, 0.15) is 13.8 Å². The Bertz CT molecular complexity index is 303. The highest BCUT2D eigenvalue weighted by atomic mass is 16.5. The number of hydrogen-bond acceptors (Lipinski definition) is 3. The highest BCUT2D eigenvalue weighted by Crippen LogP contribution is 2.14. The van der Waals surface area contributed by atoms with Crippen molar-refractivity contribution in [3.05, 3.63) is 23.8 Å². The Morgan fingerprint density at radius 3 is 2.83 bits per heavy atom. The first kappa shape index (κ1) is 8.47. The molecule has 12 heavy (non-hydrogen) atoms. The Kier molecular flexibility index (Phi) is 2.59. The molecule has 0 aliphatic rings. The molecule has 0 aromatic carbocycles. The Balaban J connectivity index is 2.81. The molecule has 0 bridgehead atoms. The molecule has 0 aliphatic carbocycles. The van der Waals surface area contributed by atoms with E-state index in [4.69, 9.17) is 11.3 Å². The van der Waals surface area contributed by atoms with Crippen LogP contribution in [0.4, 0.5) is 5.82 Å². The van der Waals surface area contributed by atoms with E-state index < -0.39 is 0 Å². The van der Waals surface area contributed by atoms with Gasteiger partial charge in [-0.15, -0.1) is 4.98 Å². The predicted octanol–water partition coefficient (Wildman–Crippen LogP) is 1.81. The molecule has 1 heterocycles. The predicted molar refractivity (Wildman–Crippen MR) is 44.1 cm³/mol. The van der Waals surface area contributed by atoms with Gasteiger partial charge in [0, 0.05) is 6.07 Å². The molecule has 62 valence electrons. The summed E-state index contributed by atoms with van der Waals surface area (Å²) in [6.45, 7) is 10.5.